The zero-order valence-corrected chi connectivity index (χ0v) is 31.2. The van der Waals surface area contributed by atoms with Crippen LogP contribution < -0.4 is 0 Å². The average molecular weight is 641 g/mol. The van der Waals surface area contributed by atoms with E-state index in [9.17, 15) is 9.90 Å². The Kier molecular flexibility index (Phi) is 15.1. The smallest absolute Gasteiger partial charge is 0.303 e. The second-order valence-electron chi connectivity index (χ2n) is 18.0. The molecule has 0 aromatic carbocycles. The van der Waals surface area contributed by atoms with Gasteiger partial charge in [-0.15, -0.1) is 0 Å². The molecule has 0 spiro atoms. The van der Waals surface area contributed by atoms with Gasteiger partial charge in [0.1, 0.15) is 0 Å². The second kappa shape index (κ2) is 18.2. The van der Waals surface area contributed by atoms with Gasteiger partial charge in [-0.05, 0) is 110 Å². The van der Waals surface area contributed by atoms with E-state index >= 15 is 0 Å². The van der Waals surface area contributed by atoms with Crippen LogP contribution in [0.4, 0.5) is 0 Å². The molecule has 46 heavy (non-hydrogen) atoms. The number of fused-ring (bicyclic) bond motifs is 5. The molecular weight excluding hydrogens is 564 g/mol. The Morgan fingerprint density at radius 2 is 1.41 bits per heavy atom. The Balaban J connectivity index is 1.19. The maximum atomic E-state index is 11.0. The van der Waals surface area contributed by atoms with Gasteiger partial charge < -0.3 is 10.2 Å². The van der Waals surface area contributed by atoms with Gasteiger partial charge in [0.05, 0.1) is 6.10 Å². The molecule has 3 heteroatoms. The van der Waals surface area contributed by atoms with E-state index in [2.05, 4.69) is 40.7 Å². The van der Waals surface area contributed by atoms with Crippen LogP contribution in [0.25, 0.3) is 0 Å². The lowest BCUT2D eigenvalue weighted by molar-refractivity contribution is -0.137. The molecule has 0 aromatic heterocycles. The zero-order valence-electron chi connectivity index (χ0n) is 31.2. The predicted molar refractivity (Wildman–Crippen MR) is 195 cm³/mol. The lowest BCUT2D eigenvalue weighted by Gasteiger charge is -2.61. The molecule has 3 nitrogen and oxygen atoms in total. The number of aliphatic hydroxyl groups excluding tert-OH is 1. The Morgan fingerprint density at radius 3 is 2.02 bits per heavy atom. The fraction of sp³-hybridized carbons (Fsp3) is 0.930. The molecule has 0 aliphatic heterocycles. The van der Waals surface area contributed by atoms with Crippen molar-refractivity contribution < 1.29 is 15.0 Å². The molecule has 0 amide bonds. The molecule has 1 unspecified atom stereocenters. The number of allylic oxidation sites excluding steroid dienone is 1. The molecular formula is C43H76O3. The van der Waals surface area contributed by atoms with Crippen molar-refractivity contribution in [2.75, 3.05) is 0 Å². The summed E-state index contributed by atoms with van der Waals surface area (Å²) in [6, 6.07) is 0. The topological polar surface area (TPSA) is 57.5 Å². The quantitative estimate of drug-likeness (QED) is 0.0969. The summed E-state index contributed by atoms with van der Waals surface area (Å²) in [6.45, 7) is 12.8. The summed E-state index contributed by atoms with van der Waals surface area (Å²) in [6.07, 6.45) is 34.1. The third kappa shape index (κ3) is 9.65. The number of unbranched alkanes of at least 4 members (excludes halogenated alkanes) is 12. The normalized spacial score (nSPS) is 34.5. The van der Waals surface area contributed by atoms with E-state index in [0.717, 1.165) is 61.2 Å². The first-order chi connectivity index (χ1) is 22.1. The van der Waals surface area contributed by atoms with Crippen molar-refractivity contribution in [2.45, 2.75) is 201 Å². The van der Waals surface area contributed by atoms with Gasteiger partial charge in [-0.25, -0.2) is 0 Å². The van der Waals surface area contributed by atoms with Crippen molar-refractivity contribution in [3.05, 3.63) is 11.6 Å². The third-order valence-corrected chi connectivity index (χ3v) is 14.5. The number of carbonyl (C=O) groups is 1. The number of carboxylic acid groups (broad SMARTS) is 1. The Hall–Kier alpha value is -0.830. The standard InChI is InChI=1S/C43H76O3/c1-32(2)20-19-21-33(3)38-26-27-39-37-25-24-35-31-36(44)30-34(43(35,5)40(37)28-29-42(38,39)4)22-17-15-13-11-9-7-6-8-10-12-14-16-18-23-41(45)46/h24,32-34,36-40,44H,6-23,25-31H2,1-5H3,(H,45,46)/t33-,34?,36+,37+,38-,39+,40+,42-,43+/m1/s1. The Morgan fingerprint density at radius 1 is 0.804 bits per heavy atom. The van der Waals surface area contributed by atoms with Crippen molar-refractivity contribution in [3.8, 4) is 0 Å². The van der Waals surface area contributed by atoms with Crippen LogP contribution in [-0.2, 0) is 4.79 Å². The van der Waals surface area contributed by atoms with Gasteiger partial charge in [0.15, 0.2) is 0 Å². The molecule has 0 bridgehead atoms. The molecule has 4 aliphatic rings. The summed E-state index contributed by atoms with van der Waals surface area (Å²) >= 11 is 0. The largest absolute Gasteiger partial charge is 0.481 e. The highest BCUT2D eigenvalue weighted by molar-refractivity contribution is 5.66. The van der Waals surface area contributed by atoms with Gasteiger partial charge in [-0.1, -0.05) is 143 Å². The van der Waals surface area contributed by atoms with Crippen molar-refractivity contribution >= 4 is 5.97 Å². The lowest BCUT2D eigenvalue weighted by Crippen LogP contribution is -2.53. The van der Waals surface area contributed by atoms with Crippen molar-refractivity contribution in [1.29, 1.82) is 0 Å². The zero-order chi connectivity index (χ0) is 33.2. The van der Waals surface area contributed by atoms with Crippen molar-refractivity contribution in [1.82, 2.24) is 0 Å². The highest BCUT2D eigenvalue weighted by atomic mass is 16.4. The van der Waals surface area contributed by atoms with Crippen LogP contribution in [0.2, 0.25) is 0 Å². The first-order valence-corrected chi connectivity index (χ1v) is 20.7. The average Bonchev–Trinajstić information content (AvgIpc) is 3.36. The second-order valence-corrected chi connectivity index (χ2v) is 18.0. The summed E-state index contributed by atoms with van der Waals surface area (Å²) in [4.78, 5) is 10.6. The van der Waals surface area contributed by atoms with Gasteiger partial charge >= 0.3 is 5.97 Å². The van der Waals surface area contributed by atoms with E-state index in [0.29, 0.717) is 23.2 Å². The van der Waals surface area contributed by atoms with Crippen LogP contribution >= 0.6 is 0 Å². The number of hydrogen-bond acceptors (Lipinski definition) is 2. The molecule has 0 saturated heterocycles. The number of hydrogen-bond donors (Lipinski definition) is 2. The van der Waals surface area contributed by atoms with E-state index < -0.39 is 5.97 Å². The molecule has 2 N–H and O–H groups in total. The Bertz CT molecular complexity index is 938. The molecule has 0 aromatic rings. The molecule has 0 heterocycles. The van der Waals surface area contributed by atoms with E-state index in [1.807, 2.05) is 0 Å². The van der Waals surface area contributed by atoms with Gasteiger partial charge in [0.25, 0.3) is 0 Å². The monoisotopic (exact) mass is 641 g/mol. The number of aliphatic carboxylic acids is 1. The summed E-state index contributed by atoms with van der Waals surface area (Å²) < 4.78 is 0. The predicted octanol–water partition coefficient (Wildman–Crippen LogP) is 12.6. The summed E-state index contributed by atoms with van der Waals surface area (Å²) in [5.41, 5.74) is 2.52. The van der Waals surface area contributed by atoms with Crippen LogP contribution in [0.1, 0.15) is 195 Å². The first-order valence-electron chi connectivity index (χ1n) is 20.7. The van der Waals surface area contributed by atoms with E-state index in [1.165, 1.54) is 128 Å². The highest BCUT2D eigenvalue weighted by Crippen LogP contribution is 2.68. The van der Waals surface area contributed by atoms with Gasteiger partial charge in [0, 0.05) is 6.42 Å². The first kappa shape index (κ1) is 38.0. The minimum atomic E-state index is -0.655. The van der Waals surface area contributed by atoms with Crippen LogP contribution in [-0.4, -0.2) is 22.3 Å². The lowest BCUT2D eigenvalue weighted by atomic mass is 9.44. The minimum Gasteiger partial charge on any atom is -0.481 e. The minimum absolute atomic E-state index is 0.123. The van der Waals surface area contributed by atoms with E-state index in [-0.39, 0.29) is 6.10 Å². The molecule has 3 fully saturated rings. The molecule has 3 saturated carbocycles. The van der Waals surface area contributed by atoms with Crippen molar-refractivity contribution in [2.24, 2.45) is 52.3 Å². The van der Waals surface area contributed by atoms with E-state index in [4.69, 9.17) is 5.11 Å². The Labute approximate surface area is 285 Å². The van der Waals surface area contributed by atoms with Crippen molar-refractivity contribution in [3.63, 3.8) is 0 Å². The fourth-order valence-corrected chi connectivity index (χ4v) is 11.9. The molecule has 9 atom stereocenters. The molecule has 0 radical (unpaired) electrons. The molecule has 4 rings (SSSR count). The van der Waals surface area contributed by atoms with Crippen LogP contribution in [0.3, 0.4) is 0 Å². The molecule has 266 valence electrons. The molecule has 4 aliphatic carbocycles. The SMILES string of the molecule is CC(C)CCC[C@@H](C)[C@H]1CC[C@H]2[C@@H]3CC=C4C[C@@H](O)CC(CCCCCCCCCCCCCCCC(=O)O)[C@]4(C)[C@H]3CC[C@]12C. The maximum Gasteiger partial charge on any atom is 0.303 e. The fourth-order valence-electron chi connectivity index (χ4n) is 11.9. The summed E-state index contributed by atoms with van der Waals surface area (Å²) in [5.74, 6) is 5.26. The number of aliphatic hydroxyl groups is 1. The highest BCUT2D eigenvalue weighted by Gasteiger charge is 2.60. The van der Waals surface area contributed by atoms with Gasteiger partial charge in [0.2, 0.25) is 0 Å². The van der Waals surface area contributed by atoms with Crippen LogP contribution in [0, 0.1) is 52.3 Å². The van der Waals surface area contributed by atoms with E-state index in [1.54, 1.807) is 5.57 Å². The summed E-state index contributed by atoms with van der Waals surface area (Å²) in [7, 11) is 0. The summed E-state index contributed by atoms with van der Waals surface area (Å²) in [5, 5.41) is 19.7. The van der Waals surface area contributed by atoms with Gasteiger partial charge in [-0.3, -0.25) is 4.79 Å². The maximum absolute atomic E-state index is 11.0. The van der Waals surface area contributed by atoms with Crippen LogP contribution in [0.15, 0.2) is 11.6 Å². The number of rotatable bonds is 21. The van der Waals surface area contributed by atoms with Gasteiger partial charge in [-0.2, -0.15) is 0 Å². The van der Waals surface area contributed by atoms with Crippen LogP contribution in [0.5, 0.6) is 0 Å². The third-order valence-electron chi connectivity index (χ3n) is 14.5. The number of carboxylic acids is 1.